The summed E-state index contributed by atoms with van der Waals surface area (Å²) in [5.74, 6) is -0.0343. The van der Waals surface area contributed by atoms with Crippen molar-refractivity contribution in [3.63, 3.8) is 0 Å². The lowest BCUT2D eigenvalue weighted by atomic mass is 10.1. The lowest BCUT2D eigenvalue weighted by Gasteiger charge is -2.15. The van der Waals surface area contributed by atoms with Crippen LogP contribution in [0.25, 0.3) is 0 Å². The molecule has 1 unspecified atom stereocenters. The second-order valence-corrected chi connectivity index (χ2v) is 6.80. The summed E-state index contributed by atoms with van der Waals surface area (Å²) in [5, 5.41) is 2.89. The number of halogens is 1. The molecule has 138 valence electrons. The molecule has 4 nitrogen and oxygen atoms in total. The molecule has 1 atom stereocenters. The number of thioether (sulfide) groups is 1. The van der Waals surface area contributed by atoms with Gasteiger partial charge >= 0.3 is 0 Å². The Balaban J connectivity index is 1.92. The van der Waals surface area contributed by atoms with Crippen LogP contribution in [0.2, 0.25) is 0 Å². The number of hydrogen-bond donors (Lipinski definition) is 1. The minimum atomic E-state index is -0.493. The van der Waals surface area contributed by atoms with Crippen LogP contribution in [0.5, 0.6) is 5.75 Å². The summed E-state index contributed by atoms with van der Waals surface area (Å²) in [6, 6.07) is 11.7. The number of Topliss-reactive ketones (excluding diaryl/α,β-unsaturated/α-hetero) is 1. The zero-order chi connectivity index (χ0) is 19.1. The van der Waals surface area contributed by atoms with Crippen LogP contribution in [0.4, 0.5) is 4.39 Å². The third-order valence-electron chi connectivity index (χ3n) is 3.74. The lowest BCUT2D eigenvalue weighted by molar-refractivity contribution is -0.119. The molecule has 0 fully saturated rings. The summed E-state index contributed by atoms with van der Waals surface area (Å²) >= 11 is 1.10. The predicted molar refractivity (Wildman–Crippen MR) is 101 cm³/mol. The number of ether oxygens (including phenoxy) is 1. The Morgan fingerprint density at radius 2 is 2.00 bits per heavy atom. The van der Waals surface area contributed by atoms with Crippen LogP contribution in [0.3, 0.4) is 0 Å². The summed E-state index contributed by atoms with van der Waals surface area (Å²) in [7, 11) is 0. The van der Waals surface area contributed by atoms with Crippen molar-refractivity contribution in [3.8, 4) is 5.75 Å². The van der Waals surface area contributed by atoms with Crippen LogP contribution in [-0.4, -0.2) is 24.1 Å². The van der Waals surface area contributed by atoms with Gasteiger partial charge in [-0.15, -0.1) is 11.8 Å². The van der Waals surface area contributed by atoms with E-state index < -0.39 is 5.82 Å². The quantitative estimate of drug-likeness (QED) is 0.549. The first kappa shape index (κ1) is 20.0. The van der Waals surface area contributed by atoms with Gasteiger partial charge in [-0.25, -0.2) is 4.39 Å². The third kappa shape index (κ3) is 5.59. The molecule has 0 bridgehead atoms. The van der Waals surface area contributed by atoms with Gasteiger partial charge in [0.1, 0.15) is 11.6 Å². The van der Waals surface area contributed by atoms with Crippen LogP contribution in [-0.2, 0) is 4.79 Å². The van der Waals surface area contributed by atoms with Crippen LogP contribution in [0, 0.1) is 5.82 Å². The molecule has 26 heavy (non-hydrogen) atoms. The molecule has 6 heteroatoms. The molecule has 1 N–H and O–H groups in total. The number of carbonyl (C=O) groups is 2. The Kier molecular flexibility index (Phi) is 7.21. The van der Waals surface area contributed by atoms with E-state index in [2.05, 4.69) is 5.32 Å². The number of carbonyl (C=O) groups excluding carboxylic acids is 2. The number of rotatable bonds is 8. The number of hydrogen-bond acceptors (Lipinski definition) is 4. The maximum absolute atomic E-state index is 14.0. The average Bonchev–Trinajstić information content (AvgIpc) is 2.61. The molecule has 0 saturated carbocycles. The van der Waals surface area contributed by atoms with Crippen molar-refractivity contribution < 1.29 is 18.7 Å². The Morgan fingerprint density at radius 3 is 2.65 bits per heavy atom. The van der Waals surface area contributed by atoms with Crippen molar-refractivity contribution in [2.24, 2.45) is 0 Å². The molecular weight excluding hydrogens is 353 g/mol. The summed E-state index contributed by atoms with van der Waals surface area (Å²) in [6.07, 6.45) is 0. The van der Waals surface area contributed by atoms with E-state index in [-0.39, 0.29) is 23.5 Å². The second kappa shape index (κ2) is 9.38. The van der Waals surface area contributed by atoms with Gasteiger partial charge in [-0.3, -0.25) is 9.59 Å². The van der Waals surface area contributed by atoms with Crippen molar-refractivity contribution in [1.82, 2.24) is 5.32 Å². The fourth-order valence-corrected chi connectivity index (χ4v) is 3.12. The lowest BCUT2D eigenvalue weighted by Crippen LogP contribution is -2.28. The summed E-state index contributed by atoms with van der Waals surface area (Å²) in [4.78, 5) is 23.8. The number of benzene rings is 2. The molecule has 0 heterocycles. The highest BCUT2D eigenvalue weighted by atomic mass is 32.2. The summed E-state index contributed by atoms with van der Waals surface area (Å²) in [6.45, 7) is 5.76. The van der Waals surface area contributed by atoms with Crippen molar-refractivity contribution in [2.45, 2.75) is 31.7 Å². The Morgan fingerprint density at radius 1 is 1.23 bits per heavy atom. The molecule has 1 amide bonds. The van der Waals surface area contributed by atoms with Gasteiger partial charge in [0.15, 0.2) is 5.78 Å². The zero-order valence-electron chi connectivity index (χ0n) is 15.0. The Labute approximate surface area is 157 Å². The molecule has 2 aromatic rings. The van der Waals surface area contributed by atoms with Gasteiger partial charge in [-0.2, -0.15) is 0 Å². The van der Waals surface area contributed by atoms with Crippen LogP contribution >= 0.6 is 11.8 Å². The highest BCUT2D eigenvalue weighted by molar-refractivity contribution is 8.00. The molecule has 0 radical (unpaired) electrons. The average molecular weight is 375 g/mol. The van der Waals surface area contributed by atoms with Gasteiger partial charge in [-0.1, -0.05) is 18.2 Å². The standard InChI is InChI=1S/C20H22FNO3S/c1-4-25-17-7-5-6-15(10-17)13(2)22-20(24)12-26-19-9-8-16(14(3)23)11-18(19)21/h5-11,13H,4,12H2,1-3H3,(H,22,24). The smallest absolute Gasteiger partial charge is 0.230 e. The van der Waals surface area contributed by atoms with Gasteiger partial charge in [0, 0.05) is 10.5 Å². The number of amides is 1. The highest BCUT2D eigenvalue weighted by Gasteiger charge is 2.13. The Bertz CT molecular complexity index is 794. The van der Waals surface area contributed by atoms with Gasteiger partial charge in [0.25, 0.3) is 0 Å². The molecule has 2 aromatic carbocycles. The normalized spacial score (nSPS) is 11.7. The fraction of sp³-hybridized carbons (Fsp3) is 0.300. The van der Waals surface area contributed by atoms with Crippen molar-refractivity contribution >= 4 is 23.5 Å². The third-order valence-corrected chi connectivity index (χ3v) is 4.79. The predicted octanol–water partition coefficient (Wildman–Crippen LogP) is 4.40. The maximum Gasteiger partial charge on any atom is 0.230 e. The summed E-state index contributed by atoms with van der Waals surface area (Å²) < 4.78 is 19.5. The SMILES string of the molecule is CCOc1cccc(C(C)NC(=O)CSc2ccc(C(C)=O)cc2F)c1. The van der Waals surface area contributed by atoms with Crippen LogP contribution in [0.15, 0.2) is 47.4 Å². The van der Waals surface area contributed by atoms with Gasteiger partial charge < -0.3 is 10.1 Å². The second-order valence-electron chi connectivity index (χ2n) is 5.78. The minimum Gasteiger partial charge on any atom is -0.494 e. The topological polar surface area (TPSA) is 55.4 Å². The largest absolute Gasteiger partial charge is 0.494 e. The van der Waals surface area contributed by atoms with Crippen molar-refractivity contribution in [2.75, 3.05) is 12.4 Å². The molecule has 2 rings (SSSR count). The van der Waals surface area contributed by atoms with Gasteiger partial charge in [0.05, 0.1) is 18.4 Å². The molecule has 0 aromatic heterocycles. The number of nitrogens with one attached hydrogen (secondary N) is 1. The molecule has 0 aliphatic carbocycles. The van der Waals surface area contributed by atoms with E-state index in [1.807, 2.05) is 38.1 Å². The first-order valence-electron chi connectivity index (χ1n) is 8.36. The number of ketones is 1. The van der Waals surface area contributed by atoms with Crippen LogP contribution in [0.1, 0.15) is 42.7 Å². The highest BCUT2D eigenvalue weighted by Crippen LogP contribution is 2.24. The fourth-order valence-electron chi connectivity index (χ4n) is 2.39. The van der Waals surface area contributed by atoms with Crippen molar-refractivity contribution in [1.29, 1.82) is 0 Å². The van der Waals surface area contributed by atoms with Gasteiger partial charge in [-0.05, 0) is 50.6 Å². The van der Waals surface area contributed by atoms with E-state index in [9.17, 15) is 14.0 Å². The van der Waals surface area contributed by atoms with E-state index in [0.717, 1.165) is 23.1 Å². The monoisotopic (exact) mass is 375 g/mol. The zero-order valence-corrected chi connectivity index (χ0v) is 15.9. The Hall–Kier alpha value is -2.34. The molecule has 0 aliphatic heterocycles. The first-order valence-corrected chi connectivity index (χ1v) is 9.34. The van der Waals surface area contributed by atoms with E-state index in [0.29, 0.717) is 17.1 Å². The maximum atomic E-state index is 14.0. The van der Waals surface area contributed by atoms with Crippen LogP contribution < -0.4 is 10.1 Å². The van der Waals surface area contributed by atoms with Gasteiger partial charge in [0.2, 0.25) is 5.91 Å². The first-order chi connectivity index (χ1) is 12.4. The summed E-state index contributed by atoms with van der Waals surface area (Å²) in [5.41, 5.74) is 1.25. The van der Waals surface area contributed by atoms with E-state index in [1.54, 1.807) is 6.07 Å². The molecule has 0 spiro atoms. The molecular formula is C20H22FNO3S. The van der Waals surface area contributed by atoms with E-state index >= 15 is 0 Å². The van der Waals surface area contributed by atoms with Crippen molar-refractivity contribution in [3.05, 3.63) is 59.4 Å². The van der Waals surface area contributed by atoms with E-state index in [1.165, 1.54) is 19.1 Å². The molecule has 0 aliphatic rings. The molecule has 0 saturated heterocycles. The van der Waals surface area contributed by atoms with E-state index in [4.69, 9.17) is 4.74 Å². The minimum absolute atomic E-state index is 0.0891.